The first-order valence-electron chi connectivity index (χ1n) is 7.95. The first-order valence-corrected chi connectivity index (χ1v) is 9.81. The minimum absolute atomic E-state index is 0.212. The molecule has 1 aliphatic rings. The predicted octanol–water partition coefficient (Wildman–Crippen LogP) is 2.93. The maximum Gasteiger partial charge on any atom is 0.240 e. The summed E-state index contributed by atoms with van der Waals surface area (Å²) in [6.07, 6.45) is 5.50. The maximum absolute atomic E-state index is 12.3. The smallest absolute Gasteiger partial charge is 0.240 e. The maximum atomic E-state index is 12.3. The SMILES string of the molecule is O=S(=O)(NCC1CCN(c2ccncc2)CC1)c1cccc(Cl)c1. The Morgan fingerprint density at radius 3 is 2.54 bits per heavy atom. The summed E-state index contributed by atoms with van der Waals surface area (Å²) in [5.41, 5.74) is 1.17. The Morgan fingerprint density at radius 1 is 1.17 bits per heavy atom. The van der Waals surface area contributed by atoms with E-state index in [4.69, 9.17) is 11.6 Å². The van der Waals surface area contributed by atoms with Crippen molar-refractivity contribution >= 4 is 27.3 Å². The van der Waals surface area contributed by atoms with Crippen molar-refractivity contribution < 1.29 is 8.42 Å². The largest absolute Gasteiger partial charge is 0.371 e. The number of aromatic nitrogens is 1. The molecule has 0 radical (unpaired) electrons. The highest BCUT2D eigenvalue weighted by atomic mass is 35.5. The number of rotatable bonds is 5. The van der Waals surface area contributed by atoms with Gasteiger partial charge >= 0.3 is 0 Å². The summed E-state index contributed by atoms with van der Waals surface area (Å²) in [5.74, 6) is 0.344. The first kappa shape index (κ1) is 17.2. The van der Waals surface area contributed by atoms with Crippen molar-refractivity contribution in [3.05, 3.63) is 53.8 Å². The number of nitrogens with zero attached hydrogens (tertiary/aromatic N) is 2. The lowest BCUT2D eigenvalue weighted by Gasteiger charge is -2.33. The quantitative estimate of drug-likeness (QED) is 0.884. The number of halogens is 1. The number of anilines is 1. The summed E-state index contributed by atoms with van der Waals surface area (Å²) >= 11 is 5.87. The Hall–Kier alpha value is -1.63. The number of benzene rings is 1. The second kappa shape index (κ2) is 7.51. The van der Waals surface area contributed by atoms with Gasteiger partial charge in [-0.1, -0.05) is 17.7 Å². The van der Waals surface area contributed by atoms with E-state index in [0.29, 0.717) is 17.5 Å². The van der Waals surface area contributed by atoms with Crippen LogP contribution in [0, 0.1) is 5.92 Å². The van der Waals surface area contributed by atoms with E-state index in [9.17, 15) is 8.42 Å². The minimum Gasteiger partial charge on any atom is -0.371 e. The molecule has 1 saturated heterocycles. The van der Waals surface area contributed by atoms with Crippen molar-refractivity contribution in [1.29, 1.82) is 0 Å². The van der Waals surface area contributed by atoms with E-state index >= 15 is 0 Å². The van der Waals surface area contributed by atoms with Gasteiger partial charge in [0.25, 0.3) is 0 Å². The number of sulfonamides is 1. The molecule has 0 bridgehead atoms. The van der Waals surface area contributed by atoms with Gasteiger partial charge in [0.1, 0.15) is 0 Å². The molecule has 0 amide bonds. The van der Waals surface area contributed by atoms with Crippen LogP contribution in [0.5, 0.6) is 0 Å². The number of pyridine rings is 1. The fourth-order valence-electron chi connectivity index (χ4n) is 2.90. The fraction of sp³-hybridized carbons (Fsp3) is 0.353. The van der Waals surface area contributed by atoms with E-state index in [0.717, 1.165) is 25.9 Å². The lowest BCUT2D eigenvalue weighted by molar-refractivity contribution is 0.402. The molecule has 2 aromatic rings. The van der Waals surface area contributed by atoms with E-state index in [1.54, 1.807) is 30.6 Å². The Labute approximate surface area is 147 Å². The topological polar surface area (TPSA) is 62.3 Å². The highest BCUT2D eigenvalue weighted by Gasteiger charge is 2.22. The molecule has 1 aromatic carbocycles. The monoisotopic (exact) mass is 365 g/mol. The van der Waals surface area contributed by atoms with Gasteiger partial charge in [-0.25, -0.2) is 13.1 Å². The van der Waals surface area contributed by atoms with Crippen molar-refractivity contribution in [3.8, 4) is 0 Å². The lowest BCUT2D eigenvalue weighted by Crippen LogP contribution is -2.38. The zero-order valence-corrected chi connectivity index (χ0v) is 14.8. The van der Waals surface area contributed by atoms with E-state index in [-0.39, 0.29) is 4.90 Å². The molecule has 0 aliphatic carbocycles. The average molecular weight is 366 g/mol. The summed E-state index contributed by atoms with van der Waals surface area (Å²) in [5, 5.41) is 0.420. The first-order chi connectivity index (χ1) is 11.5. The molecular formula is C17H20ClN3O2S. The Bertz CT molecular complexity index is 775. The standard InChI is InChI=1S/C17H20ClN3O2S/c18-15-2-1-3-17(12-15)24(22,23)20-13-14-6-10-21(11-7-14)16-4-8-19-9-5-16/h1-5,8-9,12,14,20H,6-7,10-11,13H2. The molecule has 1 fully saturated rings. The van der Waals surface area contributed by atoms with Crippen molar-refractivity contribution in [2.75, 3.05) is 24.5 Å². The molecule has 1 N–H and O–H groups in total. The van der Waals surface area contributed by atoms with Gasteiger partial charge in [-0.05, 0) is 49.1 Å². The normalized spacial score (nSPS) is 16.3. The van der Waals surface area contributed by atoms with Gasteiger partial charge in [-0.2, -0.15) is 0 Å². The van der Waals surface area contributed by atoms with Crippen LogP contribution in [-0.2, 0) is 10.0 Å². The van der Waals surface area contributed by atoms with Crippen molar-refractivity contribution in [2.45, 2.75) is 17.7 Å². The van der Waals surface area contributed by atoms with Crippen molar-refractivity contribution in [3.63, 3.8) is 0 Å². The second-order valence-electron chi connectivity index (χ2n) is 5.95. The summed E-state index contributed by atoms with van der Waals surface area (Å²) in [6.45, 7) is 2.31. The third-order valence-corrected chi connectivity index (χ3v) is 5.97. The van der Waals surface area contributed by atoms with Gasteiger partial charge in [0.05, 0.1) is 4.90 Å². The fourth-order valence-corrected chi connectivity index (χ4v) is 4.31. The van der Waals surface area contributed by atoms with Crippen LogP contribution in [0.1, 0.15) is 12.8 Å². The third-order valence-electron chi connectivity index (χ3n) is 4.31. The second-order valence-corrected chi connectivity index (χ2v) is 8.15. The van der Waals surface area contributed by atoms with Gasteiger partial charge in [-0.15, -0.1) is 0 Å². The van der Waals surface area contributed by atoms with Crippen LogP contribution in [0.3, 0.4) is 0 Å². The number of hydrogen-bond acceptors (Lipinski definition) is 4. The Kier molecular flexibility index (Phi) is 5.38. The number of nitrogens with one attached hydrogen (secondary N) is 1. The average Bonchev–Trinajstić information content (AvgIpc) is 2.61. The van der Waals surface area contributed by atoms with E-state index < -0.39 is 10.0 Å². The summed E-state index contributed by atoms with van der Waals surface area (Å²) in [4.78, 5) is 6.56. The van der Waals surface area contributed by atoms with Gasteiger partial charge in [0.15, 0.2) is 0 Å². The highest BCUT2D eigenvalue weighted by molar-refractivity contribution is 7.89. The molecule has 0 atom stereocenters. The summed E-state index contributed by atoms with van der Waals surface area (Å²) in [7, 11) is -3.50. The van der Waals surface area contributed by atoms with E-state index in [1.165, 1.54) is 11.8 Å². The zero-order chi connectivity index (χ0) is 17.0. The molecule has 1 aliphatic heterocycles. The van der Waals surface area contributed by atoms with Gasteiger partial charge < -0.3 is 4.90 Å². The Balaban J connectivity index is 1.53. The lowest BCUT2D eigenvalue weighted by atomic mass is 9.97. The van der Waals surface area contributed by atoms with Gasteiger partial charge in [0.2, 0.25) is 10.0 Å². The molecule has 24 heavy (non-hydrogen) atoms. The molecule has 0 spiro atoms. The van der Waals surface area contributed by atoms with Gasteiger partial charge in [-0.3, -0.25) is 4.98 Å². The molecule has 128 valence electrons. The van der Waals surface area contributed by atoms with Crippen LogP contribution < -0.4 is 9.62 Å². The summed E-state index contributed by atoms with van der Waals surface area (Å²) in [6, 6.07) is 10.3. The molecule has 5 nitrogen and oxygen atoms in total. The Morgan fingerprint density at radius 2 is 1.88 bits per heavy atom. The van der Waals surface area contributed by atoms with Crippen molar-refractivity contribution in [1.82, 2.24) is 9.71 Å². The predicted molar refractivity (Wildman–Crippen MR) is 95.8 cm³/mol. The van der Waals surface area contributed by atoms with E-state index in [1.807, 2.05) is 12.1 Å². The highest BCUT2D eigenvalue weighted by Crippen LogP contribution is 2.23. The van der Waals surface area contributed by atoms with Crippen molar-refractivity contribution in [2.24, 2.45) is 5.92 Å². The molecule has 3 rings (SSSR count). The van der Waals surface area contributed by atoms with Crippen LogP contribution in [0.15, 0.2) is 53.7 Å². The third kappa shape index (κ3) is 4.26. The zero-order valence-electron chi connectivity index (χ0n) is 13.2. The molecule has 0 unspecified atom stereocenters. The minimum atomic E-state index is -3.50. The van der Waals surface area contributed by atoms with Crippen LogP contribution in [0.4, 0.5) is 5.69 Å². The van der Waals surface area contributed by atoms with E-state index in [2.05, 4.69) is 14.6 Å². The molecule has 1 aromatic heterocycles. The number of hydrogen-bond donors (Lipinski definition) is 1. The van der Waals surface area contributed by atoms with Crippen LogP contribution in [0.2, 0.25) is 5.02 Å². The molecule has 0 saturated carbocycles. The van der Waals surface area contributed by atoms with Crippen LogP contribution in [0.25, 0.3) is 0 Å². The van der Waals surface area contributed by atoms with Crippen LogP contribution >= 0.6 is 11.6 Å². The molecular weight excluding hydrogens is 346 g/mol. The molecule has 2 heterocycles. The molecule has 7 heteroatoms. The number of piperidine rings is 1. The van der Waals surface area contributed by atoms with Crippen LogP contribution in [-0.4, -0.2) is 33.0 Å². The summed E-state index contributed by atoms with van der Waals surface area (Å²) < 4.78 is 27.4. The van der Waals surface area contributed by atoms with Gasteiger partial charge in [0, 0.05) is 42.7 Å².